The molecule has 0 N–H and O–H groups in total. The van der Waals surface area contributed by atoms with Gasteiger partial charge in [-0.25, -0.2) is 0 Å². The zero-order valence-electron chi connectivity index (χ0n) is 3.66. The first-order valence-corrected chi connectivity index (χ1v) is 6.40. The maximum Gasteiger partial charge on any atom is 0.245 e. The Labute approximate surface area is 54.7 Å². The van der Waals surface area contributed by atoms with Gasteiger partial charge in [0, 0.05) is 0 Å². The largest absolute Gasteiger partial charge is 0.245 e. The van der Waals surface area contributed by atoms with Crippen LogP contribution in [0.2, 0.25) is 13.1 Å². The van der Waals surface area contributed by atoms with Gasteiger partial charge in [0.15, 0.2) is 0 Å². The fourth-order valence-electron chi connectivity index (χ4n) is 0. The summed E-state index contributed by atoms with van der Waals surface area (Å²) in [7, 11) is 0. The fraction of sp³-hybridized carbons (Fsp3) is 1.00. The van der Waals surface area contributed by atoms with Crippen molar-refractivity contribution in [2.45, 2.75) is 13.1 Å². The smallest absolute Gasteiger partial charge is 0.147 e. The minimum absolute atomic E-state index is 0. The van der Waals surface area contributed by atoms with Crippen molar-refractivity contribution >= 4 is 41.3 Å². The average molecular weight is 166 g/mol. The lowest BCUT2D eigenvalue weighted by molar-refractivity contribution is 2.06. The Hall–Kier alpha value is 1.09. The van der Waals surface area contributed by atoms with Crippen LogP contribution in [0.4, 0.5) is 0 Å². The van der Waals surface area contributed by atoms with Gasteiger partial charge < -0.3 is 0 Å². The Morgan fingerprint density at radius 3 is 1.17 bits per heavy atom. The molecule has 0 fully saturated rings. The molecule has 0 aromatic rings. The molecule has 6 heavy (non-hydrogen) atoms. The van der Waals surface area contributed by atoms with Crippen LogP contribution in [0.1, 0.15) is 0 Å². The van der Waals surface area contributed by atoms with Crippen molar-refractivity contribution in [1.82, 2.24) is 0 Å². The first kappa shape index (κ1) is 10.1. The lowest BCUT2D eigenvalue weighted by Crippen LogP contribution is -2.02. The van der Waals surface area contributed by atoms with Gasteiger partial charge in [0.1, 0.15) is 0 Å². The summed E-state index contributed by atoms with van der Waals surface area (Å²) in [5.41, 5.74) is 0. The van der Waals surface area contributed by atoms with Crippen LogP contribution in [0.25, 0.3) is 0 Å². The van der Waals surface area contributed by atoms with Crippen molar-refractivity contribution in [1.29, 1.82) is 0 Å². The van der Waals surface area contributed by atoms with E-state index in [1.165, 1.54) is 0 Å². The van der Waals surface area contributed by atoms with Gasteiger partial charge in [-0.1, -0.05) is 0 Å². The third-order valence-corrected chi connectivity index (χ3v) is 0. The Kier molecular flexibility index (Phi) is 5.30. The SMILES string of the molecule is C[Si](C)(Cl)Cl.Cl. The first-order chi connectivity index (χ1) is 2.00. The summed E-state index contributed by atoms with van der Waals surface area (Å²) < 4.78 is 0. The molecule has 0 saturated heterocycles. The summed E-state index contributed by atoms with van der Waals surface area (Å²) in [4.78, 5) is 0. The maximum absolute atomic E-state index is 5.43. The van der Waals surface area contributed by atoms with Crippen LogP contribution in [0.5, 0.6) is 0 Å². The molecule has 0 aromatic carbocycles. The molecule has 4 heteroatoms. The van der Waals surface area contributed by atoms with E-state index in [0.29, 0.717) is 0 Å². The quantitative estimate of drug-likeness (QED) is 0.382. The number of rotatable bonds is 0. The standard InChI is InChI=1S/C2H6Cl2Si.ClH/c1-5(2,3)4;/h1-2H3;1H. The topological polar surface area (TPSA) is 0 Å². The van der Waals surface area contributed by atoms with E-state index >= 15 is 0 Å². The van der Waals surface area contributed by atoms with Crippen molar-refractivity contribution in [3.63, 3.8) is 0 Å². The van der Waals surface area contributed by atoms with E-state index < -0.39 is 6.69 Å². The Morgan fingerprint density at radius 1 is 1.17 bits per heavy atom. The van der Waals surface area contributed by atoms with E-state index in [1.54, 1.807) is 0 Å². The second-order valence-electron chi connectivity index (χ2n) is 1.33. The highest BCUT2D eigenvalue weighted by molar-refractivity contribution is 7.44. The molecule has 0 aliphatic heterocycles. The molecule has 0 saturated carbocycles. The summed E-state index contributed by atoms with van der Waals surface area (Å²) in [6.45, 7) is 2.05. The van der Waals surface area contributed by atoms with Gasteiger partial charge in [-0.15, -0.1) is 34.6 Å². The highest BCUT2D eigenvalue weighted by Crippen LogP contribution is 2.10. The molecule has 0 bridgehead atoms. The Bertz CT molecular complexity index is 24.3. The molecule has 40 valence electrons. The lowest BCUT2D eigenvalue weighted by Gasteiger charge is -1.93. The van der Waals surface area contributed by atoms with E-state index in [4.69, 9.17) is 22.2 Å². The van der Waals surface area contributed by atoms with Gasteiger partial charge in [-0.2, -0.15) is 0 Å². The van der Waals surface area contributed by atoms with Crippen molar-refractivity contribution in [2.75, 3.05) is 0 Å². The van der Waals surface area contributed by atoms with Crippen LogP contribution in [-0.4, -0.2) is 6.69 Å². The Morgan fingerprint density at radius 2 is 1.17 bits per heavy atom. The van der Waals surface area contributed by atoms with E-state index in [9.17, 15) is 0 Å². The summed E-state index contributed by atoms with van der Waals surface area (Å²) in [5.74, 6) is 0. The normalized spacial score (nSPS) is 10.0. The average Bonchev–Trinajstić information content (AvgIpc) is 0.722. The molecule has 0 nitrogen and oxygen atoms in total. The molecular weight excluding hydrogens is 158 g/mol. The van der Waals surface area contributed by atoms with Gasteiger partial charge in [-0.3, -0.25) is 0 Å². The van der Waals surface area contributed by atoms with Gasteiger partial charge in [0.25, 0.3) is 0 Å². The molecule has 0 radical (unpaired) electrons. The molecule has 0 atom stereocenters. The Balaban J connectivity index is 0. The van der Waals surface area contributed by atoms with E-state index in [-0.39, 0.29) is 12.4 Å². The minimum Gasteiger partial charge on any atom is -0.147 e. The van der Waals surface area contributed by atoms with Gasteiger partial charge >= 0.3 is 0 Å². The third-order valence-electron chi connectivity index (χ3n) is 0. The molecule has 0 aromatic heterocycles. The second-order valence-corrected chi connectivity index (χ2v) is 10.2. The first-order valence-electron chi connectivity index (χ1n) is 1.38. The van der Waals surface area contributed by atoms with E-state index in [1.807, 2.05) is 13.1 Å². The molecule has 0 aliphatic rings. The van der Waals surface area contributed by atoms with Crippen molar-refractivity contribution in [3.8, 4) is 0 Å². The molecule has 0 spiro atoms. The zero-order chi connectivity index (χ0) is 4.50. The predicted octanol–water partition coefficient (Wildman–Crippen LogP) is 2.59. The van der Waals surface area contributed by atoms with Crippen LogP contribution in [-0.2, 0) is 0 Å². The molecule has 0 unspecified atom stereocenters. The van der Waals surface area contributed by atoms with Crippen LogP contribution < -0.4 is 0 Å². The fourth-order valence-corrected chi connectivity index (χ4v) is 0. The lowest BCUT2D eigenvalue weighted by atomic mass is 11.9. The van der Waals surface area contributed by atoms with Gasteiger partial charge in [0.05, 0.1) is 0 Å². The van der Waals surface area contributed by atoms with Crippen LogP contribution >= 0.6 is 34.6 Å². The maximum atomic E-state index is 5.43. The van der Waals surface area contributed by atoms with Crippen molar-refractivity contribution in [2.24, 2.45) is 0 Å². The van der Waals surface area contributed by atoms with Gasteiger partial charge in [-0.05, 0) is 13.1 Å². The van der Waals surface area contributed by atoms with Crippen LogP contribution in [0.15, 0.2) is 0 Å². The second kappa shape index (κ2) is 3.14. The highest BCUT2D eigenvalue weighted by atomic mass is 35.7. The highest BCUT2D eigenvalue weighted by Gasteiger charge is 2.08. The summed E-state index contributed by atoms with van der Waals surface area (Å²) in [6.07, 6.45) is 0. The molecule has 0 heterocycles. The van der Waals surface area contributed by atoms with Gasteiger partial charge in [0.2, 0.25) is 6.69 Å². The van der Waals surface area contributed by atoms with Crippen molar-refractivity contribution < 1.29 is 0 Å². The molecule has 0 rings (SSSR count). The van der Waals surface area contributed by atoms with Crippen molar-refractivity contribution in [3.05, 3.63) is 0 Å². The monoisotopic (exact) mass is 164 g/mol. The minimum atomic E-state index is -1.67. The third kappa shape index (κ3) is 71.9. The number of hydrogen-bond donors (Lipinski definition) is 0. The summed E-state index contributed by atoms with van der Waals surface area (Å²) in [6, 6.07) is 0. The predicted molar refractivity (Wildman–Crippen MR) is 36.4 cm³/mol. The summed E-state index contributed by atoms with van der Waals surface area (Å²) in [5, 5.41) is 0. The number of hydrogen-bond acceptors (Lipinski definition) is 0. The van der Waals surface area contributed by atoms with E-state index in [2.05, 4.69) is 0 Å². The summed E-state index contributed by atoms with van der Waals surface area (Å²) >= 11 is 10.9. The van der Waals surface area contributed by atoms with Crippen LogP contribution in [0, 0.1) is 0 Å². The van der Waals surface area contributed by atoms with E-state index in [0.717, 1.165) is 0 Å². The molecular formula is C2H7Cl3Si. The molecule has 0 amide bonds. The number of halogens is 3. The molecule has 0 aliphatic carbocycles. The zero-order valence-corrected chi connectivity index (χ0v) is 6.99. The van der Waals surface area contributed by atoms with Crippen LogP contribution in [0.3, 0.4) is 0 Å².